The quantitative estimate of drug-likeness (QED) is 0.673. The number of halogens is 1. The Bertz CT molecular complexity index is 171. The van der Waals surface area contributed by atoms with E-state index >= 15 is 0 Å². The van der Waals surface area contributed by atoms with E-state index in [4.69, 9.17) is 16.3 Å². The summed E-state index contributed by atoms with van der Waals surface area (Å²) < 4.78 is 5.73. The summed E-state index contributed by atoms with van der Waals surface area (Å²) in [6.45, 7) is 8.63. The first kappa shape index (κ1) is 13.6. The Morgan fingerprint density at radius 2 is 2.40 bits per heavy atom. The van der Waals surface area contributed by atoms with Gasteiger partial charge < -0.3 is 4.74 Å². The number of likely N-dealkylation sites (N-methyl/N-ethyl adjacent to an activating group) is 1. The summed E-state index contributed by atoms with van der Waals surface area (Å²) in [6.07, 6.45) is 0.422. The van der Waals surface area contributed by atoms with Gasteiger partial charge in [0.1, 0.15) is 0 Å². The molecule has 0 spiro atoms. The van der Waals surface area contributed by atoms with Gasteiger partial charge in [-0.15, -0.1) is 11.6 Å². The van der Waals surface area contributed by atoms with Crippen molar-refractivity contribution in [3.05, 3.63) is 0 Å². The molecular formula is C11H22ClNOS. The largest absolute Gasteiger partial charge is 0.375 e. The smallest absolute Gasteiger partial charge is 0.0792 e. The third kappa shape index (κ3) is 5.43. The monoisotopic (exact) mass is 251 g/mol. The Balaban J connectivity index is 2.10. The van der Waals surface area contributed by atoms with E-state index in [-0.39, 0.29) is 0 Å². The van der Waals surface area contributed by atoms with Crippen molar-refractivity contribution in [2.45, 2.75) is 20.0 Å². The van der Waals surface area contributed by atoms with Crippen LogP contribution < -0.4 is 0 Å². The van der Waals surface area contributed by atoms with Crippen LogP contribution in [0.1, 0.15) is 13.8 Å². The van der Waals surface area contributed by atoms with E-state index in [1.165, 1.54) is 0 Å². The molecule has 1 aliphatic rings. The van der Waals surface area contributed by atoms with Gasteiger partial charge in [0.25, 0.3) is 0 Å². The molecule has 1 saturated heterocycles. The summed E-state index contributed by atoms with van der Waals surface area (Å²) >= 11 is 7.74. The lowest BCUT2D eigenvalue weighted by molar-refractivity contribution is -0.0137. The van der Waals surface area contributed by atoms with Crippen molar-refractivity contribution in [3.63, 3.8) is 0 Å². The van der Waals surface area contributed by atoms with Gasteiger partial charge in [-0.3, -0.25) is 4.90 Å². The maximum atomic E-state index is 5.77. The summed E-state index contributed by atoms with van der Waals surface area (Å²) in [5.41, 5.74) is 0. The molecule has 2 unspecified atom stereocenters. The van der Waals surface area contributed by atoms with Crippen LogP contribution in [0.5, 0.6) is 0 Å². The number of nitrogens with zero attached hydrogens (tertiary/aromatic N) is 1. The molecule has 0 radical (unpaired) electrons. The fourth-order valence-corrected chi connectivity index (χ4v) is 2.97. The fraction of sp³-hybridized carbons (Fsp3) is 1.00. The molecule has 90 valence electrons. The van der Waals surface area contributed by atoms with Crippen molar-refractivity contribution in [2.75, 3.05) is 43.6 Å². The maximum Gasteiger partial charge on any atom is 0.0792 e. The number of ether oxygens (including phenoxy) is 1. The first-order chi connectivity index (χ1) is 7.26. The Morgan fingerprint density at radius 1 is 1.60 bits per heavy atom. The van der Waals surface area contributed by atoms with Crippen LogP contribution in [-0.4, -0.2) is 54.6 Å². The van der Waals surface area contributed by atoms with E-state index in [1.807, 2.05) is 11.8 Å². The normalized spacial score (nSPS) is 25.4. The van der Waals surface area contributed by atoms with Crippen LogP contribution in [-0.2, 0) is 4.74 Å². The van der Waals surface area contributed by atoms with Gasteiger partial charge >= 0.3 is 0 Å². The Labute approximate surface area is 103 Å². The lowest BCUT2D eigenvalue weighted by Gasteiger charge is -2.32. The SMILES string of the molecule is CCN1CCOC(CSCC(C)CCl)C1. The molecule has 15 heavy (non-hydrogen) atoms. The zero-order valence-electron chi connectivity index (χ0n) is 9.75. The van der Waals surface area contributed by atoms with Crippen LogP contribution in [0, 0.1) is 5.92 Å². The summed E-state index contributed by atoms with van der Waals surface area (Å²) in [5.74, 6) is 3.63. The number of rotatable bonds is 6. The van der Waals surface area contributed by atoms with E-state index in [9.17, 15) is 0 Å². The molecule has 1 aliphatic heterocycles. The number of hydrogen-bond donors (Lipinski definition) is 0. The third-order valence-electron chi connectivity index (χ3n) is 2.64. The van der Waals surface area contributed by atoms with Crippen LogP contribution in [0.3, 0.4) is 0 Å². The van der Waals surface area contributed by atoms with E-state index in [0.29, 0.717) is 12.0 Å². The molecular weight excluding hydrogens is 230 g/mol. The van der Waals surface area contributed by atoms with Crippen molar-refractivity contribution in [3.8, 4) is 0 Å². The Hall–Kier alpha value is 0.560. The minimum atomic E-state index is 0.422. The van der Waals surface area contributed by atoms with Gasteiger partial charge in [0, 0.05) is 24.7 Å². The van der Waals surface area contributed by atoms with E-state index in [1.54, 1.807) is 0 Å². The van der Waals surface area contributed by atoms with Gasteiger partial charge in [-0.2, -0.15) is 11.8 Å². The van der Waals surface area contributed by atoms with Crippen molar-refractivity contribution >= 4 is 23.4 Å². The molecule has 0 saturated carbocycles. The average molecular weight is 252 g/mol. The van der Waals surface area contributed by atoms with Crippen LogP contribution in [0.4, 0.5) is 0 Å². The second-order valence-corrected chi connectivity index (χ2v) is 5.57. The summed E-state index contributed by atoms with van der Waals surface area (Å²) in [4.78, 5) is 2.46. The number of hydrogen-bond acceptors (Lipinski definition) is 3. The molecule has 2 nitrogen and oxygen atoms in total. The minimum absolute atomic E-state index is 0.422. The highest BCUT2D eigenvalue weighted by atomic mass is 35.5. The predicted octanol–water partition coefficient (Wildman–Crippen LogP) is 2.32. The molecule has 1 rings (SSSR count). The molecule has 0 aromatic heterocycles. The third-order valence-corrected chi connectivity index (χ3v) is 4.58. The molecule has 0 aliphatic carbocycles. The van der Waals surface area contributed by atoms with Gasteiger partial charge in [-0.25, -0.2) is 0 Å². The van der Waals surface area contributed by atoms with Gasteiger partial charge in [0.15, 0.2) is 0 Å². The lowest BCUT2D eigenvalue weighted by atomic mass is 10.3. The fourth-order valence-electron chi connectivity index (χ4n) is 1.61. The van der Waals surface area contributed by atoms with E-state index in [2.05, 4.69) is 18.7 Å². The summed E-state index contributed by atoms with van der Waals surface area (Å²) in [5, 5.41) is 0. The number of thioether (sulfide) groups is 1. The maximum absolute atomic E-state index is 5.77. The molecule has 0 amide bonds. The summed E-state index contributed by atoms with van der Waals surface area (Å²) in [6, 6.07) is 0. The Kier molecular flexibility index (Phi) is 7.06. The van der Waals surface area contributed by atoms with Crippen LogP contribution in [0.2, 0.25) is 0 Å². The highest BCUT2D eigenvalue weighted by Crippen LogP contribution is 2.15. The predicted molar refractivity (Wildman–Crippen MR) is 69.1 cm³/mol. The van der Waals surface area contributed by atoms with Crippen LogP contribution in [0.25, 0.3) is 0 Å². The van der Waals surface area contributed by atoms with Crippen LogP contribution >= 0.6 is 23.4 Å². The Morgan fingerprint density at radius 3 is 3.07 bits per heavy atom. The number of alkyl halides is 1. The van der Waals surface area contributed by atoms with E-state index in [0.717, 1.165) is 43.6 Å². The first-order valence-corrected chi connectivity index (χ1v) is 7.42. The van der Waals surface area contributed by atoms with Crippen molar-refractivity contribution in [2.24, 2.45) is 5.92 Å². The van der Waals surface area contributed by atoms with Crippen molar-refractivity contribution in [1.29, 1.82) is 0 Å². The molecule has 0 aromatic rings. The van der Waals surface area contributed by atoms with Gasteiger partial charge in [0.05, 0.1) is 12.7 Å². The minimum Gasteiger partial charge on any atom is -0.375 e. The molecule has 0 aromatic carbocycles. The highest BCUT2D eigenvalue weighted by molar-refractivity contribution is 7.99. The average Bonchev–Trinajstić information content (AvgIpc) is 2.29. The van der Waals surface area contributed by atoms with Gasteiger partial charge in [-0.1, -0.05) is 13.8 Å². The van der Waals surface area contributed by atoms with Gasteiger partial charge in [-0.05, 0) is 18.2 Å². The zero-order chi connectivity index (χ0) is 11.1. The molecule has 1 fully saturated rings. The van der Waals surface area contributed by atoms with E-state index < -0.39 is 0 Å². The van der Waals surface area contributed by atoms with Crippen molar-refractivity contribution in [1.82, 2.24) is 4.90 Å². The molecule has 0 N–H and O–H groups in total. The zero-order valence-corrected chi connectivity index (χ0v) is 11.3. The van der Waals surface area contributed by atoms with Gasteiger partial charge in [0.2, 0.25) is 0 Å². The summed E-state index contributed by atoms with van der Waals surface area (Å²) in [7, 11) is 0. The second-order valence-electron chi connectivity index (χ2n) is 4.18. The topological polar surface area (TPSA) is 12.5 Å². The van der Waals surface area contributed by atoms with Crippen LogP contribution in [0.15, 0.2) is 0 Å². The highest BCUT2D eigenvalue weighted by Gasteiger charge is 2.19. The van der Waals surface area contributed by atoms with Crippen molar-refractivity contribution < 1.29 is 4.74 Å². The molecule has 4 heteroatoms. The standard InChI is InChI=1S/C11H22ClNOS/c1-3-13-4-5-14-11(7-13)9-15-8-10(2)6-12/h10-11H,3-9H2,1-2H3. The molecule has 2 atom stereocenters. The lowest BCUT2D eigenvalue weighted by Crippen LogP contribution is -2.43. The first-order valence-electron chi connectivity index (χ1n) is 5.74. The molecule has 0 bridgehead atoms. The molecule has 1 heterocycles. The second kappa shape index (κ2) is 7.77. The number of morpholine rings is 1.